The lowest BCUT2D eigenvalue weighted by Crippen LogP contribution is -2.15. The van der Waals surface area contributed by atoms with Crippen LogP contribution in [0, 0.1) is 0 Å². The van der Waals surface area contributed by atoms with Gasteiger partial charge in [-0.05, 0) is 30.4 Å². The van der Waals surface area contributed by atoms with Crippen molar-refractivity contribution in [1.29, 1.82) is 0 Å². The molecule has 0 saturated carbocycles. The smallest absolute Gasteiger partial charge is 0.152 e. The Kier molecular flexibility index (Phi) is 2.48. The van der Waals surface area contributed by atoms with Gasteiger partial charge in [-0.15, -0.1) is 10.2 Å². The Morgan fingerprint density at radius 1 is 1.47 bits per heavy atom. The number of nitrogens with two attached hydrogens (primary N) is 1. The number of nitrogens with zero attached hydrogens (tertiary/aromatic N) is 4. The first-order valence-corrected chi connectivity index (χ1v) is 6.01. The minimum absolute atomic E-state index is 0.208. The maximum Gasteiger partial charge on any atom is 0.152 e. The molecule has 1 atom stereocenters. The minimum Gasteiger partial charge on any atom is -0.346 e. The first-order chi connectivity index (χ1) is 8.24. The molecule has 5 nitrogen and oxygen atoms in total. The molecule has 17 heavy (non-hydrogen) atoms. The number of rotatable bonds is 2. The van der Waals surface area contributed by atoms with E-state index in [1.807, 2.05) is 11.6 Å². The van der Waals surface area contributed by atoms with Crippen LogP contribution in [0.5, 0.6) is 0 Å². The topological polar surface area (TPSA) is 61.7 Å². The first-order valence-electron chi connectivity index (χ1n) is 6.01. The van der Waals surface area contributed by atoms with Gasteiger partial charge in [0.15, 0.2) is 5.82 Å². The molecule has 5 heteroatoms. The van der Waals surface area contributed by atoms with Gasteiger partial charge in [-0.2, -0.15) is 0 Å². The fourth-order valence-electron chi connectivity index (χ4n) is 2.49. The summed E-state index contributed by atoms with van der Waals surface area (Å²) in [6.07, 6.45) is 9.53. The van der Waals surface area contributed by atoms with Crippen LogP contribution in [0.25, 0.3) is 0 Å². The summed E-state index contributed by atoms with van der Waals surface area (Å²) in [5.41, 5.74) is 8.81. The van der Waals surface area contributed by atoms with Gasteiger partial charge < -0.3 is 14.9 Å². The quantitative estimate of drug-likeness (QED) is 0.838. The number of aromatic nitrogens is 4. The zero-order valence-electron chi connectivity index (χ0n) is 10.0. The Balaban J connectivity index is 1.88. The van der Waals surface area contributed by atoms with Crippen LogP contribution >= 0.6 is 0 Å². The highest BCUT2D eigenvalue weighted by Crippen LogP contribution is 2.28. The van der Waals surface area contributed by atoms with E-state index in [2.05, 4.69) is 27.2 Å². The molecule has 0 fully saturated rings. The summed E-state index contributed by atoms with van der Waals surface area (Å²) in [7, 11) is 1.96. The predicted molar refractivity (Wildman–Crippen MR) is 64.4 cm³/mol. The molecule has 2 heterocycles. The van der Waals surface area contributed by atoms with E-state index in [4.69, 9.17) is 5.73 Å². The lowest BCUT2D eigenvalue weighted by molar-refractivity contribution is 0.573. The van der Waals surface area contributed by atoms with Crippen molar-refractivity contribution in [2.45, 2.75) is 31.8 Å². The van der Waals surface area contributed by atoms with Crippen LogP contribution in [0.15, 0.2) is 18.7 Å². The number of aryl methyl sites for hydroxylation is 2. The molecule has 2 N–H and O–H groups in total. The largest absolute Gasteiger partial charge is 0.346 e. The molecule has 2 aromatic heterocycles. The van der Waals surface area contributed by atoms with E-state index >= 15 is 0 Å². The fraction of sp³-hybridized carbons (Fsp3) is 0.500. The van der Waals surface area contributed by atoms with Gasteiger partial charge in [-0.1, -0.05) is 0 Å². The van der Waals surface area contributed by atoms with E-state index in [0.29, 0.717) is 0 Å². The van der Waals surface area contributed by atoms with Gasteiger partial charge >= 0.3 is 0 Å². The van der Waals surface area contributed by atoms with Gasteiger partial charge in [-0.25, -0.2) is 0 Å². The summed E-state index contributed by atoms with van der Waals surface area (Å²) in [6, 6.07) is 0.208. The molecule has 3 rings (SSSR count). The van der Waals surface area contributed by atoms with Crippen LogP contribution in [-0.4, -0.2) is 19.3 Å². The molecule has 2 aromatic rings. The van der Waals surface area contributed by atoms with Crippen molar-refractivity contribution in [3.05, 3.63) is 35.7 Å². The van der Waals surface area contributed by atoms with Gasteiger partial charge in [-0.3, -0.25) is 0 Å². The minimum atomic E-state index is 0.208. The van der Waals surface area contributed by atoms with Crippen LogP contribution in [-0.2, 0) is 20.0 Å². The standard InChI is InChI=1S/C12H17N5/c1-16-8-14-15-12(16)7-17-5-9-3-2-4-11(13)10(9)6-17/h5-6,8,11H,2-4,7,13H2,1H3. The maximum absolute atomic E-state index is 6.12. The molecule has 0 aromatic carbocycles. The average Bonchev–Trinajstić information content (AvgIpc) is 2.87. The normalized spacial score (nSPS) is 19.3. The van der Waals surface area contributed by atoms with Crippen molar-refractivity contribution in [2.24, 2.45) is 12.8 Å². The second-order valence-corrected chi connectivity index (χ2v) is 4.77. The highest BCUT2D eigenvalue weighted by atomic mass is 15.3. The third kappa shape index (κ3) is 1.86. The van der Waals surface area contributed by atoms with Crippen molar-refractivity contribution >= 4 is 0 Å². The maximum atomic E-state index is 6.12. The van der Waals surface area contributed by atoms with Crippen molar-refractivity contribution < 1.29 is 0 Å². The van der Waals surface area contributed by atoms with Gasteiger partial charge in [0.1, 0.15) is 6.33 Å². The summed E-state index contributed by atoms with van der Waals surface area (Å²) in [5, 5.41) is 7.99. The second kappa shape index (κ2) is 4.00. The SMILES string of the molecule is Cn1cnnc1Cn1cc2c(c1)C(N)CCC2. The zero-order valence-corrected chi connectivity index (χ0v) is 10.0. The van der Waals surface area contributed by atoms with E-state index in [-0.39, 0.29) is 6.04 Å². The molecule has 0 spiro atoms. The molecule has 0 aliphatic heterocycles. The third-order valence-corrected chi connectivity index (χ3v) is 3.49. The van der Waals surface area contributed by atoms with E-state index in [9.17, 15) is 0 Å². The highest BCUT2D eigenvalue weighted by Gasteiger charge is 2.19. The fourth-order valence-corrected chi connectivity index (χ4v) is 2.49. The van der Waals surface area contributed by atoms with E-state index in [0.717, 1.165) is 25.2 Å². The molecule has 1 unspecified atom stereocenters. The van der Waals surface area contributed by atoms with Crippen LogP contribution < -0.4 is 5.73 Å². The molecule has 1 aliphatic rings. The summed E-state index contributed by atoms with van der Waals surface area (Å²) < 4.78 is 4.11. The predicted octanol–water partition coefficient (Wildman–Crippen LogP) is 1.00. The second-order valence-electron chi connectivity index (χ2n) is 4.77. The lowest BCUT2D eigenvalue weighted by atomic mass is 9.92. The Hall–Kier alpha value is -1.62. The molecule has 90 valence electrons. The van der Waals surface area contributed by atoms with Gasteiger partial charge in [0.2, 0.25) is 0 Å². The third-order valence-electron chi connectivity index (χ3n) is 3.49. The molecule has 0 amide bonds. The van der Waals surface area contributed by atoms with Gasteiger partial charge in [0, 0.05) is 25.5 Å². The molecule has 1 aliphatic carbocycles. The zero-order chi connectivity index (χ0) is 11.8. The summed E-state index contributed by atoms with van der Waals surface area (Å²) in [6.45, 7) is 0.760. The van der Waals surface area contributed by atoms with Gasteiger partial charge in [0.25, 0.3) is 0 Å². The summed E-state index contributed by atoms with van der Waals surface area (Å²) in [4.78, 5) is 0. The van der Waals surface area contributed by atoms with E-state index in [1.54, 1.807) is 6.33 Å². The molecular weight excluding hydrogens is 214 g/mol. The van der Waals surface area contributed by atoms with Gasteiger partial charge in [0.05, 0.1) is 6.54 Å². The van der Waals surface area contributed by atoms with E-state index < -0.39 is 0 Å². The van der Waals surface area contributed by atoms with Crippen molar-refractivity contribution in [3.8, 4) is 0 Å². The Labute approximate surface area is 100 Å². The lowest BCUT2D eigenvalue weighted by Gasteiger charge is -2.17. The highest BCUT2D eigenvalue weighted by molar-refractivity contribution is 5.30. The Bertz CT molecular complexity index is 525. The first kappa shape index (κ1) is 10.5. The van der Waals surface area contributed by atoms with Crippen molar-refractivity contribution in [1.82, 2.24) is 19.3 Å². The van der Waals surface area contributed by atoms with E-state index in [1.165, 1.54) is 17.5 Å². The molecule has 0 bridgehead atoms. The monoisotopic (exact) mass is 231 g/mol. The Morgan fingerprint density at radius 3 is 3.06 bits per heavy atom. The molecule has 0 saturated heterocycles. The van der Waals surface area contributed by atoms with Crippen LogP contribution in [0.1, 0.15) is 35.8 Å². The van der Waals surface area contributed by atoms with Crippen LogP contribution in [0.3, 0.4) is 0 Å². The summed E-state index contributed by atoms with van der Waals surface area (Å²) in [5.74, 6) is 0.964. The van der Waals surface area contributed by atoms with Crippen molar-refractivity contribution in [3.63, 3.8) is 0 Å². The Morgan fingerprint density at radius 2 is 2.35 bits per heavy atom. The summed E-state index contributed by atoms with van der Waals surface area (Å²) >= 11 is 0. The molecule has 0 radical (unpaired) electrons. The van der Waals surface area contributed by atoms with Crippen LogP contribution in [0.4, 0.5) is 0 Å². The van der Waals surface area contributed by atoms with Crippen molar-refractivity contribution in [2.75, 3.05) is 0 Å². The average molecular weight is 231 g/mol. The number of hydrogen-bond donors (Lipinski definition) is 1. The van der Waals surface area contributed by atoms with Crippen LogP contribution in [0.2, 0.25) is 0 Å². The number of hydrogen-bond acceptors (Lipinski definition) is 3. The number of fused-ring (bicyclic) bond motifs is 1. The molecular formula is C12H17N5.